The number of fused-ring (bicyclic) bond motifs is 3. The van der Waals surface area contributed by atoms with E-state index in [1.54, 1.807) is 0 Å². The van der Waals surface area contributed by atoms with Gasteiger partial charge in [0, 0.05) is 24.6 Å². The lowest BCUT2D eigenvalue weighted by Gasteiger charge is -2.18. The van der Waals surface area contributed by atoms with E-state index in [1.807, 2.05) is 11.3 Å². The Labute approximate surface area is 120 Å². The van der Waals surface area contributed by atoms with Gasteiger partial charge < -0.3 is 0 Å². The SMILES string of the molecule is CC(C)(C)c1ccc2sc3cccc(Br)c3c2c1. The second kappa shape index (κ2) is 4.07. The fourth-order valence-corrected chi connectivity index (χ4v) is 4.07. The minimum Gasteiger partial charge on any atom is -0.135 e. The topological polar surface area (TPSA) is 0 Å². The van der Waals surface area contributed by atoms with Gasteiger partial charge in [-0.15, -0.1) is 11.3 Å². The molecule has 18 heavy (non-hydrogen) atoms. The third-order valence-corrected chi connectivity index (χ3v) is 5.11. The van der Waals surface area contributed by atoms with Crippen LogP contribution in [0.4, 0.5) is 0 Å². The lowest BCUT2D eigenvalue weighted by Crippen LogP contribution is -2.10. The van der Waals surface area contributed by atoms with Crippen LogP contribution in [0.1, 0.15) is 26.3 Å². The first-order valence-corrected chi connectivity index (χ1v) is 7.69. The smallest absolute Gasteiger partial charge is 0.0366 e. The fourth-order valence-electron chi connectivity index (χ4n) is 2.25. The Balaban J connectivity index is 2.42. The van der Waals surface area contributed by atoms with Crippen LogP contribution < -0.4 is 0 Å². The van der Waals surface area contributed by atoms with Crippen molar-refractivity contribution in [2.45, 2.75) is 26.2 Å². The number of rotatable bonds is 0. The molecule has 1 aromatic heterocycles. The molecule has 2 aromatic carbocycles. The zero-order valence-electron chi connectivity index (χ0n) is 10.8. The predicted octanol–water partition coefficient (Wildman–Crippen LogP) is 6.11. The lowest BCUT2D eigenvalue weighted by molar-refractivity contribution is 0.591. The van der Waals surface area contributed by atoms with Crippen molar-refractivity contribution in [2.24, 2.45) is 0 Å². The number of thiophene rings is 1. The Morgan fingerprint density at radius 3 is 2.50 bits per heavy atom. The summed E-state index contributed by atoms with van der Waals surface area (Å²) in [7, 11) is 0. The summed E-state index contributed by atoms with van der Waals surface area (Å²) < 4.78 is 3.91. The molecule has 3 aromatic rings. The summed E-state index contributed by atoms with van der Waals surface area (Å²) in [5.41, 5.74) is 1.59. The quantitative estimate of drug-likeness (QED) is 0.468. The molecule has 3 rings (SSSR count). The molecule has 0 unspecified atom stereocenters. The van der Waals surface area contributed by atoms with Gasteiger partial charge in [-0.1, -0.05) is 48.8 Å². The van der Waals surface area contributed by atoms with Gasteiger partial charge in [0.2, 0.25) is 0 Å². The summed E-state index contributed by atoms with van der Waals surface area (Å²) in [4.78, 5) is 0. The molecule has 0 radical (unpaired) electrons. The van der Waals surface area contributed by atoms with E-state index in [0.29, 0.717) is 0 Å². The average molecular weight is 319 g/mol. The largest absolute Gasteiger partial charge is 0.135 e. The summed E-state index contributed by atoms with van der Waals surface area (Å²) in [6.45, 7) is 6.79. The molecule has 0 fully saturated rings. The minimum absolute atomic E-state index is 0.198. The molecule has 0 bridgehead atoms. The van der Waals surface area contributed by atoms with Crippen LogP contribution in [-0.4, -0.2) is 0 Å². The van der Waals surface area contributed by atoms with E-state index in [2.05, 4.69) is 73.1 Å². The summed E-state index contributed by atoms with van der Waals surface area (Å²) in [6, 6.07) is 13.3. The van der Waals surface area contributed by atoms with Crippen LogP contribution in [0.5, 0.6) is 0 Å². The Bertz CT molecular complexity index is 732. The molecule has 0 saturated heterocycles. The fraction of sp³-hybridized carbons (Fsp3) is 0.250. The van der Waals surface area contributed by atoms with Crippen molar-refractivity contribution in [3.8, 4) is 0 Å². The van der Waals surface area contributed by atoms with Crippen molar-refractivity contribution in [1.29, 1.82) is 0 Å². The van der Waals surface area contributed by atoms with Gasteiger partial charge in [-0.25, -0.2) is 0 Å². The van der Waals surface area contributed by atoms with Crippen LogP contribution in [0.25, 0.3) is 20.2 Å². The molecule has 0 aliphatic carbocycles. The standard InChI is InChI=1S/C16H15BrS/c1-16(2,3)10-7-8-13-11(9-10)15-12(17)5-4-6-14(15)18-13/h4-9H,1-3H3. The van der Waals surface area contributed by atoms with Gasteiger partial charge in [-0.2, -0.15) is 0 Å². The number of halogens is 1. The van der Waals surface area contributed by atoms with Crippen molar-refractivity contribution in [1.82, 2.24) is 0 Å². The van der Waals surface area contributed by atoms with Gasteiger partial charge in [0.1, 0.15) is 0 Å². The molecule has 0 aliphatic rings. The maximum atomic E-state index is 3.68. The maximum Gasteiger partial charge on any atom is 0.0366 e. The summed E-state index contributed by atoms with van der Waals surface area (Å²) >= 11 is 5.54. The van der Waals surface area contributed by atoms with Crippen molar-refractivity contribution >= 4 is 47.4 Å². The highest BCUT2D eigenvalue weighted by Gasteiger charge is 2.16. The Kier molecular flexibility index (Phi) is 2.76. The summed E-state index contributed by atoms with van der Waals surface area (Å²) in [5, 5.41) is 2.72. The van der Waals surface area contributed by atoms with Gasteiger partial charge in [-0.3, -0.25) is 0 Å². The normalized spacial score (nSPS) is 12.4. The van der Waals surface area contributed by atoms with E-state index >= 15 is 0 Å². The van der Waals surface area contributed by atoms with Crippen molar-refractivity contribution in [3.63, 3.8) is 0 Å². The van der Waals surface area contributed by atoms with Gasteiger partial charge in [-0.05, 0) is 35.2 Å². The molecular weight excluding hydrogens is 304 g/mol. The lowest BCUT2D eigenvalue weighted by atomic mass is 9.86. The number of benzene rings is 2. The highest BCUT2D eigenvalue weighted by Crippen LogP contribution is 2.39. The van der Waals surface area contributed by atoms with E-state index in [-0.39, 0.29) is 5.41 Å². The van der Waals surface area contributed by atoms with Crippen molar-refractivity contribution in [2.75, 3.05) is 0 Å². The van der Waals surface area contributed by atoms with E-state index in [4.69, 9.17) is 0 Å². The maximum absolute atomic E-state index is 3.68. The van der Waals surface area contributed by atoms with Crippen LogP contribution in [0.15, 0.2) is 40.9 Å². The monoisotopic (exact) mass is 318 g/mol. The molecule has 1 heterocycles. The Hall–Kier alpha value is -0.860. The summed E-state index contributed by atoms with van der Waals surface area (Å²) in [5.74, 6) is 0. The first-order valence-electron chi connectivity index (χ1n) is 6.08. The molecule has 0 aliphatic heterocycles. The van der Waals surface area contributed by atoms with Crippen LogP contribution >= 0.6 is 27.3 Å². The van der Waals surface area contributed by atoms with Crippen LogP contribution in [0, 0.1) is 0 Å². The van der Waals surface area contributed by atoms with E-state index in [1.165, 1.54) is 30.2 Å². The Morgan fingerprint density at radius 2 is 1.78 bits per heavy atom. The average Bonchev–Trinajstić information content (AvgIpc) is 2.66. The van der Waals surface area contributed by atoms with Gasteiger partial charge >= 0.3 is 0 Å². The van der Waals surface area contributed by atoms with Crippen molar-refractivity contribution < 1.29 is 0 Å². The third-order valence-electron chi connectivity index (χ3n) is 3.31. The first-order chi connectivity index (χ1) is 8.47. The predicted molar refractivity (Wildman–Crippen MR) is 85.7 cm³/mol. The highest BCUT2D eigenvalue weighted by atomic mass is 79.9. The van der Waals surface area contributed by atoms with Gasteiger partial charge in [0.25, 0.3) is 0 Å². The first kappa shape index (κ1) is 12.2. The number of hydrogen-bond acceptors (Lipinski definition) is 1. The second-order valence-corrected chi connectivity index (χ2v) is 7.61. The molecule has 0 spiro atoms. The molecule has 92 valence electrons. The summed E-state index contributed by atoms with van der Waals surface area (Å²) in [6.07, 6.45) is 0. The molecule has 0 saturated carbocycles. The van der Waals surface area contributed by atoms with Gasteiger partial charge in [0.05, 0.1) is 0 Å². The van der Waals surface area contributed by atoms with Crippen molar-refractivity contribution in [3.05, 3.63) is 46.4 Å². The minimum atomic E-state index is 0.198. The van der Waals surface area contributed by atoms with E-state index in [9.17, 15) is 0 Å². The second-order valence-electron chi connectivity index (χ2n) is 5.68. The van der Waals surface area contributed by atoms with E-state index < -0.39 is 0 Å². The Morgan fingerprint density at radius 1 is 1.00 bits per heavy atom. The molecule has 0 N–H and O–H groups in total. The molecule has 0 amide bonds. The molecule has 2 heteroatoms. The van der Waals surface area contributed by atoms with Gasteiger partial charge in [0.15, 0.2) is 0 Å². The van der Waals surface area contributed by atoms with Crippen LogP contribution in [0.3, 0.4) is 0 Å². The van der Waals surface area contributed by atoms with Crippen LogP contribution in [0.2, 0.25) is 0 Å². The zero-order chi connectivity index (χ0) is 12.9. The number of hydrogen-bond donors (Lipinski definition) is 0. The molecule has 0 atom stereocenters. The highest BCUT2D eigenvalue weighted by molar-refractivity contribution is 9.10. The van der Waals surface area contributed by atoms with Crippen LogP contribution in [-0.2, 0) is 5.41 Å². The third kappa shape index (κ3) is 1.88. The zero-order valence-corrected chi connectivity index (χ0v) is 13.2. The molecular formula is C16H15BrS. The van der Waals surface area contributed by atoms with E-state index in [0.717, 1.165) is 0 Å². The molecule has 0 nitrogen and oxygen atoms in total.